The Labute approximate surface area is 127 Å². The Hall–Kier alpha value is -3.21. The number of para-hydroxylation sites is 1. The second-order valence-corrected chi connectivity index (χ2v) is 4.60. The average molecular weight is 290 g/mol. The van der Waals surface area contributed by atoms with Gasteiger partial charge >= 0.3 is 0 Å². The summed E-state index contributed by atoms with van der Waals surface area (Å²) in [4.78, 5) is 17.4. The summed E-state index contributed by atoms with van der Waals surface area (Å²) in [5, 5.41) is 4.90. The molecule has 0 bridgehead atoms. The van der Waals surface area contributed by atoms with E-state index < -0.39 is 0 Å². The molecule has 0 atom stereocenters. The second-order valence-electron chi connectivity index (χ2n) is 4.60. The number of hydrogen-bond acceptors (Lipinski definition) is 4. The second kappa shape index (κ2) is 6.49. The molecule has 1 aromatic carbocycles. The number of anilines is 1. The summed E-state index contributed by atoms with van der Waals surface area (Å²) in [5.41, 5.74) is 5.68. The minimum Gasteiger partial charge on any atom is -0.307 e. The van der Waals surface area contributed by atoms with E-state index in [4.69, 9.17) is 0 Å². The van der Waals surface area contributed by atoms with E-state index in [1.807, 2.05) is 48.6 Å². The first-order valence-electron chi connectivity index (χ1n) is 6.82. The molecular weight excluding hydrogens is 276 g/mol. The van der Waals surface area contributed by atoms with Crippen LogP contribution in [0, 0.1) is 0 Å². The lowest BCUT2D eigenvalue weighted by molar-refractivity contribution is 1.23. The number of nitrogens with one attached hydrogen (secondary N) is 2. The molecule has 0 aliphatic carbocycles. The third-order valence-corrected chi connectivity index (χ3v) is 3.08. The number of nitrogens with zero attached hydrogens (tertiary/aromatic N) is 2. The van der Waals surface area contributed by atoms with Gasteiger partial charge in [0.1, 0.15) is 5.65 Å². The highest BCUT2D eigenvalue weighted by Crippen LogP contribution is 2.17. The molecule has 5 nitrogen and oxygen atoms in total. The molecule has 5 heteroatoms. The summed E-state index contributed by atoms with van der Waals surface area (Å²) in [6.07, 6.45) is 7.33. The van der Waals surface area contributed by atoms with Crippen molar-refractivity contribution in [3.05, 3.63) is 76.7 Å². The molecule has 3 heterocycles. The van der Waals surface area contributed by atoms with Crippen LogP contribution in [0.2, 0.25) is 0 Å². The van der Waals surface area contributed by atoms with E-state index in [-0.39, 0.29) is 5.56 Å². The maximum absolute atomic E-state index is 10.8. The monoisotopic (exact) mass is 290 g/mol. The van der Waals surface area contributed by atoms with Crippen molar-refractivity contribution >= 4 is 29.0 Å². The van der Waals surface area contributed by atoms with Gasteiger partial charge in [0.2, 0.25) is 5.56 Å². The van der Waals surface area contributed by atoms with E-state index in [0.717, 1.165) is 11.1 Å². The maximum Gasteiger partial charge on any atom is 0.249 e. The number of allylic oxidation sites excluding steroid dienone is 1. The number of fused-ring (bicyclic) bond motifs is 2. The summed E-state index contributed by atoms with van der Waals surface area (Å²) in [6.45, 7) is 0. The van der Waals surface area contributed by atoms with Crippen LogP contribution in [-0.4, -0.2) is 16.2 Å². The van der Waals surface area contributed by atoms with Crippen LogP contribution >= 0.6 is 0 Å². The minimum absolute atomic E-state index is 0.115. The summed E-state index contributed by atoms with van der Waals surface area (Å²) in [6, 6.07) is 15.0. The van der Waals surface area contributed by atoms with Gasteiger partial charge in [-0.3, -0.25) is 10.2 Å². The van der Waals surface area contributed by atoms with Crippen molar-refractivity contribution in [3.8, 4) is 0 Å². The number of H-pyrrole nitrogens is 1. The molecule has 2 N–H and O–H groups in total. The quantitative estimate of drug-likeness (QED) is 0.668. The maximum atomic E-state index is 10.8. The van der Waals surface area contributed by atoms with Crippen molar-refractivity contribution in [2.24, 2.45) is 5.10 Å². The molecule has 4 rings (SSSR count). The number of rotatable bonds is 0. The Morgan fingerprint density at radius 1 is 0.955 bits per heavy atom. The number of benzene rings is 1. The highest BCUT2D eigenvalue weighted by Gasteiger charge is 1.96. The van der Waals surface area contributed by atoms with Gasteiger partial charge in [-0.15, -0.1) is 0 Å². The first-order chi connectivity index (χ1) is 10.8. The molecule has 0 saturated carbocycles. The third kappa shape index (κ3) is 3.27. The summed E-state index contributed by atoms with van der Waals surface area (Å²) >= 11 is 0. The number of hydrazone groups is 1. The van der Waals surface area contributed by atoms with Crippen molar-refractivity contribution in [1.29, 1.82) is 0 Å². The lowest BCUT2D eigenvalue weighted by atomic mass is 10.2. The number of pyridine rings is 2. The fourth-order valence-electron chi connectivity index (χ4n) is 2.02. The minimum atomic E-state index is -0.115. The molecule has 0 unspecified atom stereocenters. The lowest BCUT2D eigenvalue weighted by Crippen LogP contribution is -2.02. The van der Waals surface area contributed by atoms with Gasteiger partial charge in [-0.25, -0.2) is 4.98 Å². The van der Waals surface area contributed by atoms with Gasteiger partial charge in [0.25, 0.3) is 0 Å². The number of hydrogen-bond donors (Lipinski definition) is 2. The van der Waals surface area contributed by atoms with Gasteiger partial charge < -0.3 is 4.98 Å². The van der Waals surface area contributed by atoms with Gasteiger partial charge in [0.15, 0.2) is 0 Å². The SMILES string of the molecule is C1=Cc2ccccc2NN=C1.O=c1ccc2cccnc2[nH]1. The van der Waals surface area contributed by atoms with Crippen LogP contribution in [-0.2, 0) is 0 Å². The van der Waals surface area contributed by atoms with Crippen LogP contribution in [0.5, 0.6) is 0 Å². The molecular formula is C17H14N4O. The molecule has 1 aliphatic heterocycles. The molecule has 1 aliphatic rings. The van der Waals surface area contributed by atoms with Gasteiger partial charge in [-0.2, -0.15) is 5.10 Å². The molecule has 0 amide bonds. The summed E-state index contributed by atoms with van der Waals surface area (Å²) < 4.78 is 0. The Kier molecular flexibility index (Phi) is 4.06. The van der Waals surface area contributed by atoms with E-state index in [1.54, 1.807) is 18.5 Å². The van der Waals surface area contributed by atoms with E-state index in [2.05, 4.69) is 20.5 Å². The number of aromatic amines is 1. The van der Waals surface area contributed by atoms with Gasteiger partial charge in [0, 0.05) is 23.9 Å². The highest BCUT2D eigenvalue weighted by atomic mass is 16.1. The largest absolute Gasteiger partial charge is 0.307 e. The van der Waals surface area contributed by atoms with Crippen molar-refractivity contribution < 1.29 is 0 Å². The first-order valence-corrected chi connectivity index (χ1v) is 6.82. The zero-order valence-corrected chi connectivity index (χ0v) is 11.7. The average Bonchev–Trinajstić information content (AvgIpc) is 2.81. The highest BCUT2D eigenvalue weighted by molar-refractivity contribution is 5.83. The molecule has 22 heavy (non-hydrogen) atoms. The van der Waals surface area contributed by atoms with Gasteiger partial charge in [-0.05, 0) is 35.9 Å². The molecule has 0 saturated heterocycles. The van der Waals surface area contributed by atoms with Crippen LogP contribution in [0.1, 0.15) is 5.56 Å². The smallest absolute Gasteiger partial charge is 0.249 e. The standard InChI is InChI=1S/C9H8N2.C8H6N2O/c1-2-6-9-8(4-1)5-3-7-10-11-9;11-7-4-3-6-2-1-5-9-8(6)10-7/h1-7,11H;1-5H,(H,9,10,11). The Balaban J connectivity index is 0.000000131. The molecule has 3 aromatic rings. The van der Waals surface area contributed by atoms with Gasteiger partial charge in [-0.1, -0.05) is 24.3 Å². The molecule has 108 valence electrons. The predicted octanol–water partition coefficient (Wildman–Crippen LogP) is 3.03. The van der Waals surface area contributed by atoms with Crippen LogP contribution in [0.15, 0.2) is 70.7 Å². The first kappa shape index (κ1) is 13.8. The van der Waals surface area contributed by atoms with E-state index >= 15 is 0 Å². The topological polar surface area (TPSA) is 70.1 Å². The number of aromatic nitrogens is 2. The zero-order valence-electron chi connectivity index (χ0n) is 11.7. The molecule has 0 spiro atoms. The van der Waals surface area contributed by atoms with Crippen LogP contribution < -0.4 is 11.0 Å². The van der Waals surface area contributed by atoms with Crippen LogP contribution in [0.4, 0.5) is 5.69 Å². The lowest BCUT2D eigenvalue weighted by Gasteiger charge is -2.00. The predicted molar refractivity (Wildman–Crippen MR) is 90.0 cm³/mol. The van der Waals surface area contributed by atoms with Gasteiger partial charge in [0.05, 0.1) is 5.69 Å². The van der Waals surface area contributed by atoms with Crippen molar-refractivity contribution in [2.75, 3.05) is 5.43 Å². The fraction of sp³-hybridized carbons (Fsp3) is 0. The Bertz CT molecular complexity index is 896. The van der Waals surface area contributed by atoms with E-state index in [9.17, 15) is 4.79 Å². The fourth-order valence-corrected chi connectivity index (χ4v) is 2.02. The van der Waals surface area contributed by atoms with E-state index in [0.29, 0.717) is 5.65 Å². The van der Waals surface area contributed by atoms with Crippen LogP contribution in [0.25, 0.3) is 17.1 Å². The Morgan fingerprint density at radius 2 is 1.86 bits per heavy atom. The van der Waals surface area contributed by atoms with Crippen molar-refractivity contribution in [3.63, 3.8) is 0 Å². The van der Waals surface area contributed by atoms with Crippen LogP contribution in [0.3, 0.4) is 0 Å². The molecule has 2 aromatic heterocycles. The Morgan fingerprint density at radius 3 is 2.82 bits per heavy atom. The summed E-state index contributed by atoms with van der Waals surface area (Å²) in [7, 11) is 0. The van der Waals surface area contributed by atoms with E-state index in [1.165, 1.54) is 11.6 Å². The zero-order chi connectivity index (χ0) is 15.2. The molecule has 0 fully saturated rings. The van der Waals surface area contributed by atoms with Crippen molar-refractivity contribution in [2.45, 2.75) is 0 Å². The van der Waals surface area contributed by atoms with Crippen molar-refractivity contribution in [1.82, 2.24) is 9.97 Å². The summed E-state index contributed by atoms with van der Waals surface area (Å²) in [5.74, 6) is 0. The molecule has 0 radical (unpaired) electrons. The third-order valence-electron chi connectivity index (χ3n) is 3.08. The normalized spacial score (nSPS) is 11.8.